The van der Waals surface area contributed by atoms with Crippen LogP contribution in [0.25, 0.3) is 0 Å². The van der Waals surface area contributed by atoms with Crippen molar-refractivity contribution in [1.82, 2.24) is 10.2 Å². The van der Waals surface area contributed by atoms with Crippen molar-refractivity contribution in [3.05, 3.63) is 0 Å². The monoisotopic (exact) mass is 229 g/mol. The van der Waals surface area contributed by atoms with E-state index in [1.165, 1.54) is 32.5 Å². The van der Waals surface area contributed by atoms with Gasteiger partial charge in [-0.1, -0.05) is 0 Å². The van der Waals surface area contributed by atoms with Gasteiger partial charge in [0.05, 0.1) is 0 Å². The molecule has 4 heteroatoms. The standard InChI is InChI=1S/C12H27N3O/c1-16-10-2-6-14-11-12-3-7-15(8-4-12)9-5-13/h12,14H,2-11,13H2,1H3. The van der Waals surface area contributed by atoms with Crippen LogP contribution in [0.3, 0.4) is 0 Å². The number of nitrogens with two attached hydrogens (primary N) is 1. The van der Waals surface area contributed by atoms with Gasteiger partial charge in [-0.25, -0.2) is 0 Å². The summed E-state index contributed by atoms with van der Waals surface area (Å²) in [5, 5.41) is 3.51. The van der Waals surface area contributed by atoms with Crippen molar-refractivity contribution in [1.29, 1.82) is 0 Å². The number of methoxy groups -OCH3 is 1. The van der Waals surface area contributed by atoms with E-state index in [2.05, 4.69) is 10.2 Å². The molecule has 1 aliphatic heterocycles. The highest BCUT2D eigenvalue weighted by molar-refractivity contribution is 4.73. The topological polar surface area (TPSA) is 50.5 Å². The maximum atomic E-state index is 5.55. The fraction of sp³-hybridized carbons (Fsp3) is 1.00. The van der Waals surface area contributed by atoms with Gasteiger partial charge in [-0.3, -0.25) is 0 Å². The van der Waals surface area contributed by atoms with E-state index in [0.29, 0.717) is 0 Å². The van der Waals surface area contributed by atoms with Crippen molar-refractivity contribution in [2.75, 3.05) is 53.0 Å². The van der Waals surface area contributed by atoms with Gasteiger partial charge < -0.3 is 20.7 Å². The molecule has 96 valence electrons. The Bertz CT molecular complexity index is 158. The van der Waals surface area contributed by atoms with E-state index in [4.69, 9.17) is 10.5 Å². The zero-order valence-corrected chi connectivity index (χ0v) is 10.6. The van der Waals surface area contributed by atoms with Crippen molar-refractivity contribution >= 4 is 0 Å². The number of nitrogens with zero attached hydrogens (tertiary/aromatic N) is 1. The first-order valence-electron chi connectivity index (χ1n) is 6.49. The molecule has 1 aliphatic rings. The molecule has 1 rings (SSSR count). The number of piperidine rings is 1. The van der Waals surface area contributed by atoms with Gasteiger partial charge in [0.2, 0.25) is 0 Å². The molecule has 0 atom stereocenters. The number of likely N-dealkylation sites (tertiary alicyclic amines) is 1. The average Bonchev–Trinajstić information content (AvgIpc) is 2.31. The Morgan fingerprint density at radius 1 is 1.38 bits per heavy atom. The molecule has 3 N–H and O–H groups in total. The maximum absolute atomic E-state index is 5.55. The second-order valence-electron chi connectivity index (χ2n) is 4.62. The van der Waals surface area contributed by atoms with E-state index in [1.807, 2.05) is 0 Å². The zero-order valence-electron chi connectivity index (χ0n) is 10.6. The summed E-state index contributed by atoms with van der Waals surface area (Å²) < 4.78 is 5.02. The Morgan fingerprint density at radius 3 is 2.75 bits per heavy atom. The van der Waals surface area contributed by atoms with Gasteiger partial charge in [0, 0.05) is 26.8 Å². The lowest BCUT2D eigenvalue weighted by atomic mass is 9.97. The minimum atomic E-state index is 0.792. The summed E-state index contributed by atoms with van der Waals surface area (Å²) in [5.41, 5.74) is 5.55. The van der Waals surface area contributed by atoms with Crippen molar-refractivity contribution in [2.24, 2.45) is 11.7 Å². The van der Waals surface area contributed by atoms with Gasteiger partial charge >= 0.3 is 0 Å². The molecule has 0 saturated carbocycles. The van der Waals surface area contributed by atoms with Crippen LogP contribution in [0.1, 0.15) is 19.3 Å². The Hall–Kier alpha value is -0.160. The lowest BCUT2D eigenvalue weighted by Gasteiger charge is -2.31. The Balaban J connectivity index is 1.95. The second-order valence-corrected chi connectivity index (χ2v) is 4.62. The van der Waals surface area contributed by atoms with Gasteiger partial charge in [0.15, 0.2) is 0 Å². The van der Waals surface area contributed by atoms with E-state index in [9.17, 15) is 0 Å². The van der Waals surface area contributed by atoms with Crippen LogP contribution in [0.5, 0.6) is 0 Å². The fourth-order valence-electron chi connectivity index (χ4n) is 2.24. The summed E-state index contributed by atoms with van der Waals surface area (Å²) in [6.07, 6.45) is 3.75. The van der Waals surface area contributed by atoms with Crippen LogP contribution in [0.15, 0.2) is 0 Å². The molecule has 0 aromatic carbocycles. The third-order valence-corrected chi connectivity index (χ3v) is 3.29. The largest absolute Gasteiger partial charge is 0.385 e. The van der Waals surface area contributed by atoms with Crippen LogP contribution in [0, 0.1) is 5.92 Å². The molecule has 1 heterocycles. The van der Waals surface area contributed by atoms with Crippen molar-refractivity contribution in [2.45, 2.75) is 19.3 Å². The van der Waals surface area contributed by atoms with E-state index in [1.54, 1.807) is 7.11 Å². The molecule has 1 saturated heterocycles. The van der Waals surface area contributed by atoms with Crippen LogP contribution >= 0.6 is 0 Å². The quantitative estimate of drug-likeness (QED) is 0.587. The molecular weight excluding hydrogens is 202 g/mol. The van der Waals surface area contributed by atoms with Crippen LogP contribution in [0.4, 0.5) is 0 Å². The van der Waals surface area contributed by atoms with E-state index >= 15 is 0 Å². The van der Waals surface area contributed by atoms with Crippen molar-refractivity contribution in [3.8, 4) is 0 Å². The average molecular weight is 229 g/mol. The second kappa shape index (κ2) is 8.93. The highest BCUT2D eigenvalue weighted by Gasteiger charge is 2.17. The first-order chi connectivity index (χ1) is 7.86. The molecule has 0 unspecified atom stereocenters. The van der Waals surface area contributed by atoms with Crippen molar-refractivity contribution < 1.29 is 4.74 Å². The smallest absolute Gasteiger partial charge is 0.0474 e. The van der Waals surface area contributed by atoms with Crippen LogP contribution in [-0.4, -0.2) is 57.9 Å². The molecule has 0 spiro atoms. The molecular formula is C12H27N3O. The third-order valence-electron chi connectivity index (χ3n) is 3.29. The van der Waals surface area contributed by atoms with Crippen molar-refractivity contribution in [3.63, 3.8) is 0 Å². The summed E-state index contributed by atoms with van der Waals surface area (Å²) in [4.78, 5) is 2.47. The number of hydrogen-bond donors (Lipinski definition) is 2. The van der Waals surface area contributed by atoms with E-state index in [0.717, 1.165) is 38.6 Å². The number of ether oxygens (including phenoxy) is 1. The number of rotatable bonds is 8. The van der Waals surface area contributed by atoms with Crippen LogP contribution < -0.4 is 11.1 Å². The first kappa shape index (κ1) is 13.9. The minimum Gasteiger partial charge on any atom is -0.385 e. The Labute approximate surface area is 99.5 Å². The molecule has 0 aliphatic carbocycles. The van der Waals surface area contributed by atoms with Gasteiger partial charge in [-0.05, 0) is 51.4 Å². The SMILES string of the molecule is COCCCNCC1CCN(CCN)CC1. The lowest BCUT2D eigenvalue weighted by Crippen LogP contribution is -2.39. The normalized spacial score (nSPS) is 19.1. The molecule has 4 nitrogen and oxygen atoms in total. The van der Waals surface area contributed by atoms with E-state index < -0.39 is 0 Å². The van der Waals surface area contributed by atoms with Crippen LogP contribution in [-0.2, 0) is 4.74 Å². The third kappa shape index (κ3) is 5.80. The molecule has 0 bridgehead atoms. The predicted octanol–water partition coefficient (Wildman–Crippen LogP) is 0.283. The van der Waals surface area contributed by atoms with Crippen LogP contribution in [0.2, 0.25) is 0 Å². The minimum absolute atomic E-state index is 0.792. The van der Waals surface area contributed by atoms with Gasteiger partial charge in [0.1, 0.15) is 0 Å². The molecule has 16 heavy (non-hydrogen) atoms. The summed E-state index contributed by atoms with van der Waals surface area (Å²) in [5.74, 6) is 0.858. The summed E-state index contributed by atoms with van der Waals surface area (Å²) in [6.45, 7) is 7.41. The lowest BCUT2D eigenvalue weighted by molar-refractivity contribution is 0.180. The van der Waals surface area contributed by atoms with Gasteiger partial charge in [-0.2, -0.15) is 0 Å². The van der Waals surface area contributed by atoms with E-state index in [-0.39, 0.29) is 0 Å². The highest BCUT2D eigenvalue weighted by Crippen LogP contribution is 2.15. The highest BCUT2D eigenvalue weighted by atomic mass is 16.5. The summed E-state index contributed by atoms with van der Waals surface area (Å²) in [6, 6.07) is 0. The molecule has 0 aromatic heterocycles. The predicted molar refractivity (Wildman–Crippen MR) is 67.6 cm³/mol. The molecule has 0 amide bonds. The summed E-state index contributed by atoms with van der Waals surface area (Å²) in [7, 11) is 1.76. The number of nitrogens with one attached hydrogen (secondary N) is 1. The fourth-order valence-corrected chi connectivity index (χ4v) is 2.24. The number of hydrogen-bond acceptors (Lipinski definition) is 4. The molecule has 0 radical (unpaired) electrons. The molecule has 0 aromatic rings. The maximum Gasteiger partial charge on any atom is 0.0474 e. The van der Waals surface area contributed by atoms with Gasteiger partial charge in [0.25, 0.3) is 0 Å². The summed E-state index contributed by atoms with van der Waals surface area (Å²) >= 11 is 0. The van der Waals surface area contributed by atoms with Gasteiger partial charge in [-0.15, -0.1) is 0 Å². The Kier molecular flexibility index (Phi) is 7.76. The Morgan fingerprint density at radius 2 is 2.12 bits per heavy atom. The first-order valence-corrected chi connectivity index (χ1v) is 6.49. The molecule has 1 fully saturated rings. The zero-order chi connectivity index (χ0) is 11.6.